The van der Waals surface area contributed by atoms with E-state index in [1.54, 1.807) is 0 Å². The second kappa shape index (κ2) is 4.77. The Hall–Kier alpha value is 1.41. The Balaban J connectivity index is 0.00000121. The van der Waals surface area contributed by atoms with Crippen LogP contribution in [0.25, 0.3) is 0 Å². The van der Waals surface area contributed by atoms with Crippen molar-refractivity contribution in [2.24, 2.45) is 0 Å². The molecule has 0 aliphatic carbocycles. The van der Waals surface area contributed by atoms with Crippen LogP contribution >= 0.6 is 22.9 Å². The molecule has 0 bridgehead atoms. The molecule has 0 amide bonds. The van der Waals surface area contributed by atoms with Gasteiger partial charge < -0.3 is 12.9 Å². The van der Waals surface area contributed by atoms with Crippen LogP contribution in [-0.2, 0) is 0 Å². The molecule has 0 unspecified atom stereocenters. The first-order chi connectivity index (χ1) is 4.91. The monoisotopic (exact) mass is 239 g/mol. The topological polar surface area (TPSA) is 12.9 Å². The number of halogens is 4. The standard InChI is InChI=1S/C4H3BClF3NS.K/c1-2-3(5(7,8)9)11-4(6)10-2;/h1H3;/q-1;+1. The van der Waals surface area contributed by atoms with Gasteiger partial charge in [0.1, 0.15) is 0 Å². The smallest absolute Gasteiger partial charge is 0.444 e. The van der Waals surface area contributed by atoms with Crippen LogP contribution in [0.5, 0.6) is 0 Å². The third-order valence-corrected chi connectivity index (χ3v) is 2.46. The van der Waals surface area contributed by atoms with Crippen molar-refractivity contribution in [3.05, 3.63) is 10.2 Å². The molecule has 1 rings (SSSR count). The summed E-state index contributed by atoms with van der Waals surface area (Å²) >= 11 is 5.77. The van der Waals surface area contributed by atoms with Gasteiger partial charge in [0.2, 0.25) is 0 Å². The first-order valence-electron chi connectivity index (χ1n) is 2.74. The molecule has 0 N–H and O–H groups in total. The fourth-order valence-corrected chi connectivity index (χ4v) is 1.75. The number of hydrogen-bond acceptors (Lipinski definition) is 2. The maximum absolute atomic E-state index is 12.0. The Labute approximate surface area is 119 Å². The third-order valence-electron chi connectivity index (χ3n) is 1.10. The van der Waals surface area contributed by atoms with Crippen molar-refractivity contribution in [3.8, 4) is 0 Å². The summed E-state index contributed by atoms with van der Waals surface area (Å²) < 4.78 is 35.4. The van der Waals surface area contributed by atoms with Gasteiger partial charge in [0.25, 0.3) is 0 Å². The predicted molar refractivity (Wildman–Crippen MR) is 40.6 cm³/mol. The van der Waals surface area contributed by atoms with Crippen LogP contribution in [0.4, 0.5) is 12.9 Å². The Bertz CT molecular complexity index is 276. The van der Waals surface area contributed by atoms with Gasteiger partial charge in [-0.1, -0.05) is 11.6 Å². The second-order valence-electron chi connectivity index (χ2n) is 1.99. The molecule has 0 atom stereocenters. The molecule has 1 nitrogen and oxygen atoms in total. The van der Waals surface area contributed by atoms with Crippen molar-refractivity contribution in [2.75, 3.05) is 0 Å². The maximum atomic E-state index is 12.0. The van der Waals surface area contributed by atoms with Gasteiger partial charge in [-0.3, -0.25) is 0 Å². The molecule has 0 aromatic carbocycles. The van der Waals surface area contributed by atoms with E-state index < -0.39 is 11.8 Å². The van der Waals surface area contributed by atoms with Crippen LogP contribution < -0.4 is 56.2 Å². The van der Waals surface area contributed by atoms with E-state index >= 15 is 0 Å². The Kier molecular flexibility index (Phi) is 5.33. The molecule has 1 aromatic heterocycles. The van der Waals surface area contributed by atoms with E-state index in [9.17, 15) is 12.9 Å². The van der Waals surface area contributed by atoms with Gasteiger partial charge in [-0.05, 0) is 11.7 Å². The van der Waals surface area contributed by atoms with Crippen molar-refractivity contribution in [2.45, 2.75) is 6.92 Å². The third kappa shape index (κ3) is 3.28. The summed E-state index contributed by atoms with van der Waals surface area (Å²) in [4.78, 5) is 3.46. The van der Waals surface area contributed by atoms with Gasteiger partial charge in [0.15, 0.2) is 4.47 Å². The SMILES string of the molecule is Cc1nc(Cl)sc1[B-](F)(F)F.[K+]. The Morgan fingerprint density at radius 2 is 1.92 bits per heavy atom. The van der Waals surface area contributed by atoms with Crippen LogP contribution in [-0.4, -0.2) is 12.0 Å². The predicted octanol–water partition coefficient (Wildman–Crippen LogP) is -0.837. The molecular formula is C4H3BClF3KNS. The van der Waals surface area contributed by atoms with Crippen molar-refractivity contribution >= 4 is 34.7 Å². The number of aryl methyl sites for hydroxylation is 1. The average Bonchev–Trinajstić information content (AvgIpc) is 2.08. The van der Waals surface area contributed by atoms with Crippen molar-refractivity contribution in [1.29, 1.82) is 0 Å². The quantitative estimate of drug-likeness (QED) is 0.583. The van der Waals surface area contributed by atoms with Crippen LogP contribution in [0.2, 0.25) is 4.47 Å². The second-order valence-corrected chi connectivity index (χ2v) is 3.60. The van der Waals surface area contributed by atoms with Gasteiger partial charge in [-0.25, -0.2) is 4.98 Å². The summed E-state index contributed by atoms with van der Waals surface area (Å²) in [7, 11) is 0. The molecule has 0 radical (unpaired) electrons. The van der Waals surface area contributed by atoms with Crippen LogP contribution in [0, 0.1) is 6.92 Å². The van der Waals surface area contributed by atoms with Gasteiger partial charge in [0.05, 0.1) is 0 Å². The van der Waals surface area contributed by atoms with Crippen molar-refractivity contribution in [3.63, 3.8) is 0 Å². The molecule has 1 aromatic rings. The number of nitrogens with zero attached hydrogens (tertiary/aromatic N) is 1. The summed E-state index contributed by atoms with van der Waals surface area (Å²) in [5.74, 6) is 0. The summed E-state index contributed by atoms with van der Waals surface area (Å²) in [6.07, 6.45) is 0. The maximum Gasteiger partial charge on any atom is 1.00 e. The van der Waals surface area contributed by atoms with Crippen LogP contribution in [0.15, 0.2) is 0 Å². The molecule has 0 spiro atoms. The first-order valence-corrected chi connectivity index (χ1v) is 3.93. The minimum atomic E-state index is -4.94. The van der Waals surface area contributed by atoms with Gasteiger partial charge in [-0.2, -0.15) is 0 Å². The minimum Gasteiger partial charge on any atom is -0.444 e. The van der Waals surface area contributed by atoms with Crippen LogP contribution in [0.3, 0.4) is 0 Å². The number of thiazole rings is 1. The van der Waals surface area contributed by atoms with Gasteiger partial charge in [0, 0.05) is 5.69 Å². The molecular weight excluding hydrogens is 236 g/mol. The molecule has 12 heavy (non-hydrogen) atoms. The van der Waals surface area contributed by atoms with E-state index in [1.807, 2.05) is 0 Å². The minimum absolute atomic E-state index is 0. The molecule has 0 saturated heterocycles. The molecule has 0 saturated carbocycles. The molecule has 0 aliphatic rings. The molecule has 0 fully saturated rings. The number of aromatic nitrogens is 1. The van der Waals surface area contributed by atoms with E-state index in [0.717, 1.165) is 0 Å². The fourth-order valence-electron chi connectivity index (χ4n) is 0.678. The zero-order valence-electron chi connectivity index (χ0n) is 6.44. The molecule has 0 aliphatic heterocycles. The molecule has 1 heterocycles. The number of rotatable bonds is 1. The average molecular weight is 239 g/mol. The fraction of sp³-hybridized carbons (Fsp3) is 0.250. The Morgan fingerprint density at radius 1 is 1.42 bits per heavy atom. The van der Waals surface area contributed by atoms with Gasteiger partial charge in [-0.15, -0.1) is 11.3 Å². The summed E-state index contributed by atoms with van der Waals surface area (Å²) in [5.41, 5.74) is -0.0347. The van der Waals surface area contributed by atoms with E-state index in [1.165, 1.54) is 6.92 Å². The van der Waals surface area contributed by atoms with E-state index in [-0.39, 0.29) is 61.5 Å². The van der Waals surface area contributed by atoms with E-state index in [4.69, 9.17) is 11.6 Å². The van der Waals surface area contributed by atoms with E-state index in [2.05, 4.69) is 4.98 Å². The zero-order chi connectivity index (χ0) is 8.65. The van der Waals surface area contributed by atoms with E-state index in [0.29, 0.717) is 11.3 Å². The summed E-state index contributed by atoms with van der Waals surface area (Å²) in [6, 6.07) is 0. The number of hydrogen-bond donors (Lipinski definition) is 0. The Morgan fingerprint density at radius 3 is 2.08 bits per heavy atom. The molecule has 8 heteroatoms. The molecule has 62 valence electrons. The van der Waals surface area contributed by atoms with Gasteiger partial charge >= 0.3 is 58.4 Å². The van der Waals surface area contributed by atoms with Crippen molar-refractivity contribution < 1.29 is 64.3 Å². The largest absolute Gasteiger partial charge is 1.00 e. The first kappa shape index (κ1) is 13.4. The zero-order valence-corrected chi connectivity index (χ0v) is 11.1. The van der Waals surface area contributed by atoms with Crippen molar-refractivity contribution in [1.82, 2.24) is 4.98 Å². The normalized spacial score (nSPS) is 11.1. The van der Waals surface area contributed by atoms with Crippen LogP contribution in [0.1, 0.15) is 5.69 Å². The summed E-state index contributed by atoms with van der Waals surface area (Å²) in [6.45, 7) is -3.64. The summed E-state index contributed by atoms with van der Waals surface area (Å²) in [5, 5.41) is 0.